The van der Waals surface area contributed by atoms with Gasteiger partial charge in [-0.05, 0) is 52.8 Å². The molecule has 0 bridgehead atoms. The lowest BCUT2D eigenvalue weighted by Crippen LogP contribution is -2.51. The number of phenols is 1. The van der Waals surface area contributed by atoms with Crippen molar-refractivity contribution < 1.29 is 19.4 Å². The Morgan fingerprint density at radius 2 is 1.87 bits per heavy atom. The highest BCUT2D eigenvalue weighted by Gasteiger charge is 2.24. The smallest absolute Gasteiger partial charge is 0.408 e. The molecule has 0 heterocycles. The molecule has 1 aromatic carbocycles. The number of amides is 1. The number of carbonyl (C=O) groups is 1. The van der Waals surface area contributed by atoms with E-state index in [0.717, 1.165) is 5.56 Å². The lowest BCUT2D eigenvalue weighted by atomic mass is 10.1. The van der Waals surface area contributed by atoms with Gasteiger partial charge in [-0.3, -0.25) is 0 Å². The summed E-state index contributed by atoms with van der Waals surface area (Å²) in [5.41, 5.74) is -0.283. The minimum absolute atomic E-state index is 0.205. The van der Waals surface area contributed by atoms with Crippen LogP contribution in [0.1, 0.15) is 40.2 Å². The van der Waals surface area contributed by atoms with Crippen LogP contribution in [0.4, 0.5) is 4.79 Å². The number of carbonyl (C=O) groups excluding carboxylic acids is 1. The number of methoxy groups -OCH3 is 1. The van der Waals surface area contributed by atoms with E-state index < -0.39 is 17.2 Å². The Bertz CT molecular complexity index is 536. The molecule has 0 radical (unpaired) electrons. The summed E-state index contributed by atoms with van der Waals surface area (Å²) in [6.45, 7) is 10.2. The summed E-state index contributed by atoms with van der Waals surface area (Å²) < 4.78 is 10.4. The van der Waals surface area contributed by atoms with Crippen LogP contribution in [0.5, 0.6) is 11.5 Å². The van der Waals surface area contributed by atoms with Gasteiger partial charge in [0.1, 0.15) is 17.1 Å². The molecule has 0 aromatic heterocycles. The van der Waals surface area contributed by atoms with Crippen molar-refractivity contribution in [3.05, 3.63) is 23.8 Å². The van der Waals surface area contributed by atoms with Gasteiger partial charge in [-0.25, -0.2) is 4.79 Å². The Morgan fingerprint density at radius 3 is 2.43 bits per heavy atom. The molecule has 0 spiro atoms. The molecule has 6 nitrogen and oxygen atoms in total. The van der Waals surface area contributed by atoms with E-state index >= 15 is 0 Å². The van der Waals surface area contributed by atoms with Crippen molar-refractivity contribution in [2.45, 2.75) is 52.3 Å². The molecule has 130 valence electrons. The molecule has 1 aromatic rings. The van der Waals surface area contributed by atoms with E-state index in [9.17, 15) is 9.90 Å². The third kappa shape index (κ3) is 7.23. The van der Waals surface area contributed by atoms with Gasteiger partial charge in [0.2, 0.25) is 0 Å². The van der Waals surface area contributed by atoms with Crippen LogP contribution in [0.2, 0.25) is 0 Å². The highest BCUT2D eigenvalue weighted by Crippen LogP contribution is 2.22. The van der Waals surface area contributed by atoms with E-state index in [0.29, 0.717) is 18.8 Å². The number of phenolic OH excluding ortho intramolecular Hbond substituents is 1. The van der Waals surface area contributed by atoms with Gasteiger partial charge in [0, 0.05) is 18.7 Å². The molecular formula is C17H28N2O4. The average molecular weight is 324 g/mol. The summed E-state index contributed by atoms with van der Waals surface area (Å²) in [5.74, 6) is 0.891. The minimum atomic E-state index is -0.528. The van der Waals surface area contributed by atoms with Crippen molar-refractivity contribution in [1.29, 1.82) is 0 Å². The molecule has 1 rings (SSSR count). The lowest BCUT2D eigenvalue weighted by molar-refractivity contribution is 0.0472. The van der Waals surface area contributed by atoms with Crippen molar-refractivity contribution in [2.24, 2.45) is 0 Å². The second-order valence-corrected chi connectivity index (χ2v) is 7.11. The fourth-order valence-corrected chi connectivity index (χ4v) is 1.96. The van der Waals surface area contributed by atoms with Gasteiger partial charge in [-0.2, -0.15) is 0 Å². The van der Waals surface area contributed by atoms with Crippen LogP contribution in [0.15, 0.2) is 18.2 Å². The molecule has 1 amide bonds. The number of aromatic hydroxyl groups is 1. The average Bonchev–Trinajstić information content (AvgIpc) is 2.37. The van der Waals surface area contributed by atoms with Crippen molar-refractivity contribution in [2.75, 3.05) is 13.7 Å². The SMILES string of the molecule is COc1ccc(O)c(CNCC(C)(C)NC(=O)OC(C)(C)C)c1. The van der Waals surface area contributed by atoms with Crippen LogP contribution < -0.4 is 15.4 Å². The highest BCUT2D eigenvalue weighted by atomic mass is 16.6. The molecular weight excluding hydrogens is 296 g/mol. The highest BCUT2D eigenvalue weighted by molar-refractivity contribution is 5.68. The van der Waals surface area contributed by atoms with E-state index in [4.69, 9.17) is 9.47 Å². The lowest BCUT2D eigenvalue weighted by Gasteiger charge is -2.29. The normalized spacial score (nSPS) is 11.9. The third-order valence-corrected chi connectivity index (χ3v) is 3.01. The Hall–Kier alpha value is -1.95. The van der Waals surface area contributed by atoms with Crippen molar-refractivity contribution in [3.63, 3.8) is 0 Å². The molecule has 0 fully saturated rings. The fourth-order valence-electron chi connectivity index (χ4n) is 1.96. The van der Waals surface area contributed by atoms with Gasteiger partial charge in [0.25, 0.3) is 0 Å². The zero-order valence-corrected chi connectivity index (χ0v) is 14.8. The zero-order valence-electron chi connectivity index (χ0n) is 14.8. The Morgan fingerprint density at radius 1 is 1.22 bits per heavy atom. The Labute approximate surface area is 138 Å². The van der Waals surface area contributed by atoms with E-state index in [1.54, 1.807) is 25.3 Å². The minimum Gasteiger partial charge on any atom is -0.508 e. The topological polar surface area (TPSA) is 79.8 Å². The van der Waals surface area contributed by atoms with Crippen LogP contribution in [-0.2, 0) is 11.3 Å². The number of nitrogens with one attached hydrogen (secondary N) is 2. The molecule has 0 aliphatic heterocycles. The molecule has 0 unspecified atom stereocenters. The molecule has 23 heavy (non-hydrogen) atoms. The van der Waals surface area contributed by atoms with Gasteiger partial charge >= 0.3 is 6.09 Å². The van der Waals surface area contributed by atoms with Crippen molar-refractivity contribution >= 4 is 6.09 Å². The largest absolute Gasteiger partial charge is 0.508 e. The monoisotopic (exact) mass is 324 g/mol. The summed E-state index contributed by atoms with van der Waals surface area (Å²) in [5, 5.41) is 15.9. The number of alkyl carbamates (subject to hydrolysis) is 1. The molecule has 0 saturated carbocycles. The number of hydrogen-bond donors (Lipinski definition) is 3. The molecule has 0 aliphatic carbocycles. The Kier molecular flexibility index (Phi) is 6.27. The summed E-state index contributed by atoms with van der Waals surface area (Å²) in [7, 11) is 1.58. The first kappa shape index (κ1) is 19.1. The maximum absolute atomic E-state index is 11.8. The van der Waals surface area contributed by atoms with E-state index in [2.05, 4.69) is 10.6 Å². The van der Waals surface area contributed by atoms with Crippen LogP contribution in [-0.4, -0.2) is 36.0 Å². The van der Waals surface area contributed by atoms with Crippen molar-refractivity contribution in [1.82, 2.24) is 10.6 Å². The zero-order chi connectivity index (χ0) is 17.7. The van der Waals surface area contributed by atoms with Crippen LogP contribution in [0, 0.1) is 0 Å². The van der Waals surface area contributed by atoms with Crippen LogP contribution in [0.25, 0.3) is 0 Å². The van der Waals surface area contributed by atoms with Crippen molar-refractivity contribution in [3.8, 4) is 11.5 Å². The molecule has 0 aliphatic rings. The molecule has 0 atom stereocenters. The van der Waals surface area contributed by atoms with Gasteiger partial charge in [-0.1, -0.05) is 0 Å². The first-order chi connectivity index (χ1) is 10.5. The van der Waals surface area contributed by atoms with Crippen LogP contribution >= 0.6 is 0 Å². The number of hydrogen-bond acceptors (Lipinski definition) is 5. The maximum atomic E-state index is 11.8. The Balaban J connectivity index is 2.52. The predicted molar refractivity (Wildman–Crippen MR) is 89.8 cm³/mol. The standard InChI is InChI=1S/C17H28N2O4/c1-16(2,3)23-15(21)19-17(4,5)11-18-10-12-9-13(22-6)7-8-14(12)20/h7-9,18,20H,10-11H2,1-6H3,(H,19,21). The van der Waals surface area contributed by atoms with Crippen LogP contribution in [0.3, 0.4) is 0 Å². The molecule has 0 saturated heterocycles. The second kappa shape index (κ2) is 7.55. The van der Waals surface area contributed by atoms with Gasteiger partial charge in [-0.15, -0.1) is 0 Å². The summed E-state index contributed by atoms with van der Waals surface area (Å²) in [4.78, 5) is 11.8. The molecule has 3 N–H and O–H groups in total. The first-order valence-corrected chi connectivity index (χ1v) is 7.60. The van der Waals surface area contributed by atoms with Gasteiger partial charge in [0.15, 0.2) is 0 Å². The number of ether oxygens (including phenoxy) is 2. The predicted octanol–water partition coefficient (Wildman–Crippen LogP) is 2.79. The maximum Gasteiger partial charge on any atom is 0.408 e. The quantitative estimate of drug-likeness (QED) is 0.750. The van der Waals surface area contributed by atoms with E-state index in [1.807, 2.05) is 34.6 Å². The molecule has 6 heteroatoms. The number of rotatable bonds is 6. The third-order valence-electron chi connectivity index (χ3n) is 3.01. The van der Waals surface area contributed by atoms with Gasteiger partial charge < -0.3 is 25.2 Å². The summed E-state index contributed by atoms with van der Waals surface area (Å²) in [6, 6.07) is 5.07. The van der Waals surface area contributed by atoms with Gasteiger partial charge in [0.05, 0.1) is 12.6 Å². The fraction of sp³-hybridized carbons (Fsp3) is 0.588. The van der Waals surface area contributed by atoms with E-state index in [-0.39, 0.29) is 5.75 Å². The number of benzene rings is 1. The summed E-state index contributed by atoms with van der Waals surface area (Å²) >= 11 is 0. The first-order valence-electron chi connectivity index (χ1n) is 7.60. The second-order valence-electron chi connectivity index (χ2n) is 7.11. The summed E-state index contributed by atoms with van der Waals surface area (Å²) in [6.07, 6.45) is -0.450. The van der Waals surface area contributed by atoms with E-state index in [1.165, 1.54) is 0 Å².